The lowest BCUT2D eigenvalue weighted by Crippen LogP contribution is -2.14. The van der Waals surface area contributed by atoms with Crippen LogP contribution in [0.5, 0.6) is 5.75 Å². The molecule has 0 aliphatic carbocycles. The highest BCUT2D eigenvalue weighted by atomic mass is 16.3. The fraction of sp³-hybridized carbons (Fsp3) is 0.571. The van der Waals surface area contributed by atoms with Crippen molar-refractivity contribution in [2.24, 2.45) is 5.73 Å². The summed E-state index contributed by atoms with van der Waals surface area (Å²) < 4.78 is 2.27. The van der Waals surface area contributed by atoms with Crippen LogP contribution in [0.3, 0.4) is 0 Å². The lowest BCUT2D eigenvalue weighted by Gasteiger charge is -2.09. The van der Waals surface area contributed by atoms with Crippen molar-refractivity contribution >= 4 is 16.8 Å². The molecule has 25 heavy (non-hydrogen) atoms. The predicted molar refractivity (Wildman–Crippen MR) is 104 cm³/mol. The number of fused-ring (bicyclic) bond motifs is 1. The number of unbranched alkanes of at least 4 members (excludes halogenated alkanes) is 7. The second kappa shape index (κ2) is 9.50. The first-order valence-electron chi connectivity index (χ1n) is 9.63. The lowest BCUT2D eigenvalue weighted by molar-refractivity contribution is -0.117. The summed E-state index contributed by atoms with van der Waals surface area (Å²) in [6.45, 7) is 5.23. The van der Waals surface area contributed by atoms with Crippen molar-refractivity contribution in [2.75, 3.05) is 0 Å². The Balaban J connectivity index is 2.00. The molecular formula is C21H32N2O2. The standard InChI is InChI=1S/C21H32N2O2/c1-3-4-5-6-7-8-9-10-13-23-16(2)18(15-21(22)25)19-14-17(24)11-12-20(19)23/h11-12,14,24H,3-10,13,15H2,1-2H3,(H2,22,25). The topological polar surface area (TPSA) is 68.2 Å². The molecule has 0 fully saturated rings. The molecule has 4 heteroatoms. The summed E-state index contributed by atoms with van der Waals surface area (Å²) in [5, 5.41) is 10.7. The molecule has 0 saturated carbocycles. The monoisotopic (exact) mass is 344 g/mol. The Kier molecular flexibility index (Phi) is 7.35. The molecule has 0 bridgehead atoms. The summed E-state index contributed by atoms with van der Waals surface area (Å²) >= 11 is 0. The molecule has 0 atom stereocenters. The van der Waals surface area contributed by atoms with Gasteiger partial charge in [-0.2, -0.15) is 0 Å². The summed E-state index contributed by atoms with van der Waals surface area (Å²) in [5.41, 5.74) is 8.52. The second-order valence-electron chi connectivity index (χ2n) is 7.04. The summed E-state index contributed by atoms with van der Waals surface area (Å²) in [5.74, 6) is -0.111. The first-order valence-corrected chi connectivity index (χ1v) is 9.63. The van der Waals surface area contributed by atoms with Gasteiger partial charge in [-0.15, -0.1) is 0 Å². The van der Waals surface area contributed by atoms with Crippen LogP contribution < -0.4 is 5.73 Å². The van der Waals surface area contributed by atoms with Crippen LogP contribution in [0.25, 0.3) is 10.9 Å². The van der Waals surface area contributed by atoms with E-state index in [2.05, 4.69) is 11.5 Å². The quantitative estimate of drug-likeness (QED) is 0.574. The number of hydrogen-bond acceptors (Lipinski definition) is 2. The first-order chi connectivity index (χ1) is 12.0. The van der Waals surface area contributed by atoms with Gasteiger partial charge in [-0.1, -0.05) is 51.9 Å². The van der Waals surface area contributed by atoms with Gasteiger partial charge in [0.05, 0.1) is 6.42 Å². The molecule has 0 unspecified atom stereocenters. The molecule has 0 spiro atoms. The maximum atomic E-state index is 11.4. The number of aryl methyl sites for hydroxylation is 1. The average Bonchev–Trinajstić information content (AvgIpc) is 2.81. The molecular weight excluding hydrogens is 312 g/mol. The highest BCUT2D eigenvalue weighted by molar-refractivity contribution is 5.91. The van der Waals surface area contributed by atoms with Crippen molar-refractivity contribution in [2.45, 2.75) is 78.2 Å². The van der Waals surface area contributed by atoms with Gasteiger partial charge in [0.1, 0.15) is 5.75 Å². The van der Waals surface area contributed by atoms with Crippen LogP contribution in [-0.4, -0.2) is 15.6 Å². The van der Waals surface area contributed by atoms with Gasteiger partial charge < -0.3 is 15.4 Å². The molecule has 0 aliphatic heterocycles. The van der Waals surface area contributed by atoms with Crippen molar-refractivity contribution in [1.29, 1.82) is 0 Å². The molecule has 3 N–H and O–H groups in total. The summed E-state index contributed by atoms with van der Waals surface area (Å²) in [4.78, 5) is 11.4. The minimum Gasteiger partial charge on any atom is -0.508 e. The van der Waals surface area contributed by atoms with Gasteiger partial charge in [0, 0.05) is 23.1 Å². The van der Waals surface area contributed by atoms with E-state index in [1.807, 2.05) is 13.0 Å². The molecule has 0 radical (unpaired) electrons. The average molecular weight is 344 g/mol. The first kappa shape index (κ1) is 19.4. The molecule has 1 amide bonds. The number of aromatic nitrogens is 1. The number of nitrogens with two attached hydrogens (primary N) is 1. The van der Waals surface area contributed by atoms with Crippen LogP contribution in [0.15, 0.2) is 18.2 Å². The molecule has 2 rings (SSSR count). The van der Waals surface area contributed by atoms with E-state index in [1.54, 1.807) is 12.1 Å². The summed E-state index contributed by atoms with van der Waals surface area (Å²) in [6.07, 6.45) is 10.6. The number of nitrogens with zero attached hydrogens (tertiary/aromatic N) is 1. The molecule has 138 valence electrons. The molecule has 1 aromatic carbocycles. The molecule has 0 saturated heterocycles. The minimum absolute atomic E-state index is 0.218. The fourth-order valence-electron chi connectivity index (χ4n) is 3.63. The minimum atomic E-state index is -0.336. The molecule has 2 aromatic rings. The van der Waals surface area contributed by atoms with Crippen molar-refractivity contribution in [3.05, 3.63) is 29.5 Å². The van der Waals surface area contributed by atoms with E-state index in [-0.39, 0.29) is 18.1 Å². The lowest BCUT2D eigenvalue weighted by atomic mass is 10.1. The molecule has 4 nitrogen and oxygen atoms in total. The van der Waals surface area contributed by atoms with E-state index in [0.717, 1.165) is 35.1 Å². The SMILES string of the molecule is CCCCCCCCCCn1c(C)c(CC(N)=O)c2cc(O)ccc21. The van der Waals surface area contributed by atoms with Crippen molar-refractivity contribution < 1.29 is 9.90 Å². The Hall–Kier alpha value is -1.97. The predicted octanol–water partition coefficient (Wildman–Crippen LogP) is 4.82. The van der Waals surface area contributed by atoms with Crippen LogP contribution >= 0.6 is 0 Å². The zero-order valence-electron chi connectivity index (χ0n) is 15.7. The highest BCUT2D eigenvalue weighted by Crippen LogP contribution is 2.30. The van der Waals surface area contributed by atoms with Gasteiger partial charge >= 0.3 is 0 Å². The van der Waals surface area contributed by atoms with Crippen LogP contribution in [0.2, 0.25) is 0 Å². The third kappa shape index (κ3) is 5.25. The van der Waals surface area contributed by atoms with Crippen LogP contribution in [0.4, 0.5) is 0 Å². The highest BCUT2D eigenvalue weighted by Gasteiger charge is 2.16. The smallest absolute Gasteiger partial charge is 0.221 e. The Morgan fingerprint density at radius 1 is 1.08 bits per heavy atom. The third-order valence-electron chi connectivity index (χ3n) is 5.02. The molecule has 1 aromatic heterocycles. The van der Waals surface area contributed by atoms with Gasteiger partial charge in [0.2, 0.25) is 5.91 Å². The van der Waals surface area contributed by atoms with E-state index >= 15 is 0 Å². The van der Waals surface area contributed by atoms with E-state index in [4.69, 9.17) is 5.73 Å². The number of benzene rings is 1. The number of primary amides is 1. The van der Waals surface area contributed by atoms with Gasteiger partial charge in [-0.25, -0.2) is 0 Å². The van der Waals surface area contributed by atoms with E-state index in [9.17, 15) is 9.90 Å². The number of hydrogen-bond donors (Lipinski definition) is 2. The maximum Gasteiger partial charge on any atom is 0.221 e. The number of amides is 1. The molecule has 1 heterocycles. The Labute approximate surface area is 151 Å². The van der Waals surface area contributed by atoms with Crippen molar-refractivity contribution in [1.82, 2.24) is 4.57 Å². The zero-order valence-corrected chi connectivity index (χ0v) is 15.7. The third-order valence-corrected chi connectivity index (χ3v) is 5.02. The van der Waals surface area contributed by atoms with Gasteiger partial charge in [-0.05, 0) is 37.1 Å². The summed E-state index contributed by atoms with van der Waals surface area (Å²) in [7, 11) is 0. The largest absolute Gasteiger partial charge is 0.508 e. The van der Waals surface area contributed by atoms with Crippen molar-refractivity contribution in [3.63, 3.8) is 0 Å². The van der Waals surface area contributed by atoms with Crippen LogP contribution in [0.1, 0.15) is 69.5 Å². The van der Waals surface area contributed by atoms with E-state index in [0.29, 0.717) is 0 Å². The van der Waals surface area contributed by atoms with Gasteiger partial charge in [0.15, 0.2) is 0 Å². The molecule has 0 aliphatic rings. The number of aromatic hydroxyl groups is 1. The van der Waals surface area contributed by atoms with Gasteiger partial charge in [0.25, 0.3) is 0 Å². The van der Waals surface area contributed by atoms with E-state index < -0.39 is 0 Å². The number of rotatable bonds is 11. The van der Waals surface area contributed by atoms with Crippen molar-refractivity contribution in [3.8, 4) is 5.75 Å². The van der Waals surface area contributed by atoms with Gasteiger partial charge in [-0.3, -0.25) is 4.79 Å². The number of carbonyl (C=O) groups excluding carboxylic acids is 1. The fourth-order valence-corrected chi connectivity index (χ4v) is 3.63. The summed E-state index contributed by atoms with van der Waals surface area (Å²) in [6, 6.07) is 5.39. The van der Waals surface area contributed by atoms with E-state index in [1.165, 1.54) is 44.9 Å². The Bertz CT molecular complexity index is 703. The number of carbonyl (C=O) groups is 1. The Morgan fingerprint density at radius 2 is 1.72 bits per heavy atom. The number of phenols is 1. The second-order valence-corrected chi connectivity index (χ2v) is 7.04. The zero-order chi connectivity index (χ0) is 18.2. The normalized spacial score (nSPS) is 11.3. The van der Waals surface area contributed by atoms with Crippen LogP contribution in [0, 0.1) is 6.92 Å². The maximum absolute atomic E-state index is 11.4. The van der Waals surface area contributed by atoms with Crippen LogP contribution in [-0.2, 0) is 17.8 Å². The number of phenolic OH excluding ortho intramolecular Hbond substituents is 1. The Morgan fingerprint density at radius 3 is 2.36 bits per heavy atom.